The Morgan fingerprint density at radius 3 is 2.26 bits per heavy atom. The molecule has 1 N–H and O–H groups in total. The molecule has 0 aliphatic heterocycles. The Hall–Kier alpha value is -1.66. The number of carboxylic acids is 1. The van der Waals surface area contributed by atoms with Gasteiger partial charge < -0.3 is 10.0 Å². The van der Waals surface area contributed by atoms with Crippen LogP contribution in [0.2, 0.25) is 0 Å². The van der Waals surface area contributed by atoms with Crippen LogP contribution in [0.25, 0.3) is 0 Å². The van der Waals surface area contributed by atoms with E-state index in [1.165, 1.54) is 0 Å². The summed E-state index contributed by atoms with van der Waals surface area (Å²) < 4.78 is 0. The molecule has 0 saturated heterocycles. The van der Waals surface area contributed by atoms with Crippen molar-refractivity contribution in [2.24, 2.45) is 0 Å². The van der Waals surface area contributed by atoms with Crippen LogP contribution in [0.15, 0.2) is 24.3 Å². The second-order valence-corrected chi connectivity index (χ2v) is 5.32. The summed E-state index contributed by atoms with van der Waals surface area (Å²) in [6.07, 6.45) is 2.72. The molecule has 0 heterocycles. The van der Waals surface area contributed by atoms with Crippen molar-refractivity contribution in [2.45, 2.75) is 39.2 Å². The Bertz CT molecular complexity index is 491. The minimum Gasteiger partial charge on any atom is -0.476 e. The minimum absolute atomic E-state index is 0. The number of benzene rings is 1. The molecule has 0 aromatic heterocycles. The molecule has 0 saturated carbocycles. The van der Waals surface area contributed by atoms with Gasteiger partial charge in [-0.05, 0) is 37.9 Å². The van der Waals surface area contributed by atoms with Gasteiger partial charge in [0.2, 0.25) is 0 Å². The molecule has 0 spiro atoms. The Kier molecular flexibility index (Phi) is 10.2. The monoisotopic (exact) mass is 344 g/mol. The van der Waals surface area contributed by atoms with Crippen LogP contribution in [-0.4, -0.2) is 40.5 Å². The molecule has 0 bridgehead atoms. The lowest BCUT2D eigenvalue weighted by atomic mass is 9.98. The zero-order chi connectivity index (χ0) is 16.5. The van der Waals surface area contributed by atoms with Gasteiger partial charge in [-0.25, -0.2) is 4.79 Å². The number of aliphatic carboxylic acids is 1. The number of carboxylic acid groups (broad SMARTS) is 1. The number of nitro groups is 1. The first-order valence-corrected chi connectivity index (χ1v) is 7.67. The van der Waals surface area contributed by atoms with Gasteiger partial charge in [0.05, 0.1) is 0 Å². The van der Waals surface area contributed by atoms with Crippen LogP contribution in [0.1, 0.15) is 43.9 Å². The average molecular weight is 345 g/mol. The molecular weight excluding hydrogens is 320 g/mol. The van der Waals surface area contributed by atoms with Gasteiger partial charge >= 0.3 is 12.0 Å². The Balaban J connectivity index is 0.00000484. The van der Waals surface area contributed by atoms with Crippen molar-refractivity contribution in [2.75, 3.05) is 19.6 Å². The summed E-state index contributed by atoms with van der Waals surface area (Å²) in [4.78, 5) is 23.8. The Morgan fingerprint density at radius 1 is 1.22 bits per heavy atom. The molecule has 23 heavy (non-hydrogen) atoms. The van der Waals surface area contributed by atoms with Crippen LogP contribution in [0.3, 0.4) is 0 Å². The van der Waals surface area contributed by atoms with Gasteiger partial charge in [0.25, 0.3) is 0 Å². The second-order valence-electron chi connectivity index (χ2n) is 5.32. The third kappa shape index (κ3) is 6.54. The van der Waals surface area contributed by atoms with Crippen LogP contribution in [0.4, 0.5) is 0 Å². The van der Waals surface area contributed by atoms with Crippen molar-refractivity contribution in [1.82, 2.24) is 4.90 Å². The molecule has 0 amide bonds. The van der Waals surface area contributed by atoms with Gasteiger partial charge in [0.15, 0.2) is 0 Å². The van der Waals surface area contributed by atoms with Crippen molar-refractivity contribution in [3.63, 3.8) is 0 Å². The molecule has 1 atom stereocenters. The highest BCUT2D eigenvalue weighted by molar-refractivity contribution is 5.85. The smallest absolute Gasteiger partial charge is 0.384 e. The highest BCUT2D eigenvalue weighted by atomic mass is 35.5. The normalized spacial score (nSPS) is 11.8. The molecule has 1 aromatic carbocycles. The lowest BCUT2D eigenvalue weighted by Gasteiger charge is -2.21. The first-order chi connectivity index (χ1) is 10.5. The third-order valence-corrected chi connectivity index (χ3v) is 3.57. The van der Waals surface area contributed by atoms with E-state index in [4.69, 9.17) is 5.11 Å². The van der Waals surface area contributed by atoms with Crippen molar-refractivity contribution in [3.8, 4) is 0 Å². The first-order valence-electron chi connectivity index (χ1n) is 7.67. The summed E-state index contributed by atoms with van der Waals surface area (Å²) in [6, 6.07) is 5.07. The average Bonchev–Trinajstić information content (AvgIpc) is 2.46. The molecule has 0 fully saturated rings. The van der Waals surface area contributed by atoms with Crippen molar-refractivity contribution < 1.29 is 14.8 Å². The summed E-state index contributed by atoms with van der Waals surface area (Å²) in [5.41, 5.74) is 1.02. The van der Waals surface area contributed by atoms with E-state index in [2.05, 4.69) is 18.7 Å². The first kappa shape index (κ1) is 21.3. The molecule has 6 nitrogen and oxygen atoms in total. The minimum atomic E-state index is -1.69. The van der Waals surface area contributed by atoms with Crippen molar-refractivity contribution >= 4 is 18.4 Å². The van der Waals surface area contributed by atoms with E-state index in [1.54, 1.807) is 24.3 Å². The number of halogens is 1. The molecule has 130 valence electrons. The fourth-order valence-corrected chi connectivity index (χ4v) is 2.61. The van der Waals surface area contributed by atoms with E-state index < -0.39 is 16.9 Å². The number of hydrogen-bond donors (Lipinski definition) is 1. The van der Waals surface area contributed by atoms with Gasteiger partial charge in [-0.15, -0.1) is 12.4 Å². The van der Waals surface area contributed by atoms with Crippen LogP contribution in [0.5, 0.6) is 0 Å². The highest BCUT2D eigenvalue weighted by Crippen LogP contribution is 2.22. The molecule has 1 rings (SSSR count). The fourth-order valence-electron chi connectivity index (χ4n) is 2.61. The predicted octanol–water partition coefficient (Wildman–Crippen LogP) is 3.18. The number of rotatable bonds is 10. The van der Waals surface area contributed by atoms with Crippen molar-refractivity contribution in [1.29, 1.82) is 0 Å². The molecule has 1 unspecified atom stereocenters. The van der Waals surface area contributed by atoms with Crippen LogP contribution >= 0.6 is 12.4 Å². The van der Waals surface area contributed by atoms with Crippen LogP contribution < -0.4 is 0 Å². The topological polar surface area (TPSA) is 83.7 Å². The molecule has 0 radical (unpaired) electrons. The number of carbonyl (C=O) groups is 1. The van der Waals surface area contributed by atoms with Gasteiger partial charge in [-0.2, -0.15) is 0 Å². The van der Waals surface area contributed by atoms with E-state index in [-0.39, 0.29) is 18.0 Å². The predicted molar refractivity (Wildman–Crippen MR) is 91.8 cm³/mol. The van der Waals surface area contributed by atoms with Gasteiger partial charge in [0, 0.05) is 17.0 Å². The summed E-state index contributed by atoms with van der Waals surface area (Å²) in [6.45, 7) is 6.97. The Labute approximate surface area is 143 Å². The van der Waals surface area contributed by atoms with Gasteiger partial charge in [-0.1, -0.05) is 38.1 Å². The van der Waals surface area contributed by atoms with E-state index in [9.17, 15) is 14.9 Å². The largest absolute Gasteiger partial charge is 0.476 e. The van der Waals surface area contributed by atoms with Crippen LogP contribution in [0, 0.1) is 10.1 Å². The molecular formula is C16H25ClN2O4. The summed E-state index contributed by atoms with van der Waals surface area (Å²) in [5.74, 6) is -1.42. The maximum absolute atomic E-state index is 11.2. The zero-order valence-corrected chi connectivity index (χ0v) is 14.4. The third-order valence-electron chi connectivity index (χ3n) is 3.57. The van der Waals surface area contributed by atoms with Gasteiger partial charge in [0.1, 0.15) is 0 Å². The summed E-state index contributed by atoms with van der Waals surface area (Å²) >= 11 is 0. The highest BCUT2D eigenvalue weighted by Gasteiger charge is 2.33. The van der Waals surface area contributed by atoms with Crippen molar-refractivity contribution in [3.05, 3.63) is 45.5 Å². The quantitative estimate of drug-likeness (QED) is 0.520. The van der Waals surface area contributed by atoms with Gasteiger partial charge in [-0.3, -0.25) is 10.1 Å². The molecule has 0 aliphatic rings. The lowest BCUT2D eigenvalue weighted by molar-refractivity contribution is -0.516. The van der Waals surface area contributed by atoms with E-state index in [0.29, 0.717) is 6.42 Å². The number of nitrogens with zero attached hydrogens (tertiary/aromatic N) is 2. The lowest BCUT2D eigenvalue weighted by Crippen LogP contribution is -2.28. The maximum Gasteiger partial charge on any atom is 0.384 e. The summed E-state index contributed by atoms with van der Waals surface area (Å²) in [7, 11) is 0. The van der Waals surface area contributed by atoms with E-state index in [0.717, 1.165) is 38.0 Å². The van der Waals surface area contributed by atoms with Crippen LogP contribution in [-0.2, 0) is 11.2 Å². The Morgan fingerprint density at radius 2 is 1.78 bits per heavy atom. The second kappa shape index (κ2) is 11.0. The number of hydrogen-bond acceptors (Lipinski definition) is 4. The van der Waals surface area contributed by atoms with E-state index in [1.807, 2.05) is 0 Å². The molecule has 7 heteroatoms. The molecule has 1 aromatic rings. The maximum atomic E-state index is 11.2. The summed E-state index contributed by atoms with van der Waals surface area (Å²) in [5, 5.41) is 20.2. The standard InChI is InChI=1S/C16H24N2O4.ClH/c1-3-10-17(11-4-2)12-9-13-7-5-6-8-14(13)15(16(19)20)18(21)22;/h5-8,15H,3-4,9-12H2,1-2H3,(H,19,20);1H. The zero-order valence-electron chi connectivity index (χ0n) is 13.6. The fraction of sp³-hybridized carbons (Fsp3) is 0.562. The molecule has 0 aliphatic carbocycles. The SMILES string of the molecule is CCCN(CCC)CCc1ccccc1C(C(=O)O)[N+](=O)[O-].Cl. The van der Waals surface area contributed by atoms with E-state index >= 15 is 0 Å².